The second-order valence-corrected chi connectivity index (χ2v) is 5.26. The minimum absolute atomic E-state index is 0.0630. The number of halogens is 3. The number of hydrogen-bond donors (Lipinski definition) is 0. The van der Waals surface area contributed by atoms with E-state index in [0.29, 0.717) is 16.9 Å². The SMILES string of the molecule is O=C(COc1cncnc1)c1ccc(-c2noc(C(F)(F)Cl)n2)cc1. The molecular formula is C15H9ClF2N4O3. The van der Waals surface area contributed by atoms with Crippen LogP contribution >= 0.6 is 11.6 Å². The molecule has 0 radical (unpaired) electrons. The minimum atomic E-state index is -3.74. The Bertz CT molecular complexity index is 866. The first-order valence-corrected chi connectivity index (χ1v) is 7.23. The smallest absolute Gasteiger partial charge is 0.400 e. The van der Waals surface area contributed by atoms with Gasteiger partial charge >= 0.3 is 11.3 Å². The monoisotopic (exact) mass is 366 g/mol. The summed E-state index contributed by atoms with van der Waals surface area (Å²) in [6.45, 7) is -0.197. The molecule has 2 aromatic heterocycles. The van der Waals surface area contributed by atoms with Crippen LogP contribution in [0.15, 0.2) is 47.5 Å². The van der Waals surface area contributed by atoms with Crippen LogP contribution in [-0.2, 0) is 5.38 Å². The van der Waals surface area contributed by atoms with Gasteiger partial charge < -0.3 is 9.26 Å². The van der Waals surface area contributed by atoms with Crippen LogP contribution in [0.4, 0.5) is 8.78 Å². The van der Waals surface area contributed by atoms with Crippen molar-refractivity contribution in [2.24, 2.45) is 0 Å². The van der Waals surface area contributed by atoms with Crippen LogP contribution in [0.2, 0.25) is 0 Å². The molecule has 0 saturated heterocycles. The highest BCUT2D eigenvalue weighted by Gasteiger charge is 2.35. The van der Waals surface area contributed by atoms with Crippen LogP contribution in [0, 0.1) is 0 Å². The molecule has 0 N–H and O–H groups in total. The van der Waals surface area contributed by atoms with Crippen LogP contribution < -0.4 is 4.74 Å². The zero-order valence-corrected chi connectivity index (χ0v) is 13.2. The first kappa shape index (κ1) is 16.9. The summed E-state index contributed by atoms with van der Waals surface area (Å²) >= 11 is 4.81. The van der Waals surface area contributed by atoms with Gasteiger partial charge in [0.05, 0.1) is 12.4 Å². The zero-order valence-electron chi connectivity index (χ0n) is 12.4. The number of aromatic nitrogens is 4. The zero-order chi connectivity index (χ0) is 17.9. The predicted octanol–water partition coefficient (Wildman–Crippen LogP) is 3.08. The maximum atomic E-state index is 12.9. The summed E-state index contributed by atoms with van der Waals surface area (Å²) in [5.41, 5.74) is 0.761. The average Bonchev–Trinajstić information content (AvgIpc) is 3.11. The molecule has 25 heavy (non-hydrogen) atoms. The van der Waals surface area contributed by atoms with Crippen LogP contribution in [0.3, 0.4) is 0 Å². The van der Waals surface area contributed by atoms with E-state index in [1.54, 1.807) is 0 Å². The Kier molecular flexibility index (Phi) is 4.66. The summed E-state index contributed by atoms with van der Waals surface area (Å²) in [6.07, 6.45) is 4.21. The van der Waals surface area contributed by atoms with Gasteiger partial charge in [-0.05, 0) is 11.6 Å². The number of carbonyl (C=O) groups excluding carboxylic acids is 1. The normalized spacial score (nSPS) is 11.3. The van der Waals surface area contributed by atoms with Gasteiger partial charge in [0.15, 0.2) is 18.1 Å². The summed E-state index contributed by atoms with van der Waals surface area (Å²) in [5.74, 6) is -0.972. The van der Waals surface area contributed by atoms with Gasteiger partial charge in [0.25, 0.3) is 0 Å². The maximum Gasteiger partial charge on any atom is 0.400 e. The van der Waals surface area contributed by atoms with E-state index in [2.05, 4.69) is 24.6 Å². The molecule has 3 aromatic rings. The van der Waals surface area contributed by atoms with Crippen molar-refractivity contribution < 1.29 is 22.8 Å². The van der Waals surface area contributed by atoms with Crippen molar-refractivity contribution in [3.63, 3.8) is 0 Å². The lowest BCUT2D eigenvalue weighted by molar-refractivity contribution is 0.0551. The highest BCUT2D eigenvalue weighted by atomic mass is 35.5. The molecule has 1 aromatic carbocycles. The molecule has 0 saturated carbocycles. The van der Waals surface area contributed by atoms with E-state index in [4.69, 9.17) is 16.3 Å². The van der Waals surface area contributed by atoms with Crippen molar-refractivity contribution in [3.05, 3.63) is 54.4 Å². The van der Waals surface area contributed by atoms with Crippen molar-refractivity contribution in [2.75, 3.05) is 6.61 Å². The lowest BCUT2D eigenvalue weighted by Gasteiger charge is -2.04. The minimum Gasteiger partial charge on any atom is -0.482 e. The second-order valence-electron chi connectivity index (χ2n) is 4.78. The molecule has 0 aliphatic rings. The van der Waals surface area contributed by atoms with Gasteiger partial charge in [-0.15, -0.1) is 0 Å². The third kappa shape index (κ3) is 4.13. The molecule has 0 atom stereocenters. The van der Waals surface area contributed by atoms with Crippen molar-refractivity contribution in [1.82, 2.24) is 20.1 Å². The van der Waals surface area contributed by atoms with Crippen LogP contribution in [-0.4, -0.2) is 32.5 Å². The van der Waals surface area contributed by atoms with E-state index in [0.717, 1.165) is 0 Å². The topological polar surface area (TPSA) is 91.0 Å². The molecule has 0 bridgehead atoms. The van der Waals surface area contributed by atoms with Gasteiger partial charge in [0.2, 0.25) is 5.82 Å². The molecule has 0 amide bonds. The highest BCUT2D eigenvalue weighted by molar-refractivity contribution is 6.21. The van der Waals surface area contributed by atoms with Crippen molar-refractivity contribution in [2.45, 2.75) is 5.38 Å². The summed E-state index contributed by atoms with van der Waals surface area (Å²) < 4.78 is 35.4. The molecule has 0 aliphatic heterocycles. The van der Waals surface area contributed by atoms with Gasteiger partial charge in [0, 0.05) is 11.1 Å². The number of Topliss-reactive ketones (excluding diaryl/α,β-unsaturated/α-hetero) is 1. The number of ketones is 1. The fourth-order valence-corrected chi connectivity index (χ4v) is 1.93. The summed E-state index contributed by atoms with van der Waals surface area (Å²) in [6, 6.07) is 5.99. The van der Waals surface area contributed by atoms with E-state index >= 15 is 0 Å². The molecule has 3 rings (SSSR count). The Morgan fingerprint density at radius 2 is 1.88 bits per heavy atom. The van der Waals surface area contributed by atoms with E-state index in [-0.39, 0.29) is 18.2 Å². The van der Waals surface area contributed by atoms with Crippen molar-refractivity contribution >= 4 is 17.4 Å². The fourth-order valence-electron chi connectivity index (χ4n) is 1.85. The van der Waals surface area contributed by atoms with Gasteiger partial charge in [-0.3, -0.25) is 4.79 Å². The van der Waals surface area contributed by atoms with Crippen molar-refractivity contribution in [3.8, 4) is 17.1 Å². The van der Waals surface area contributed by atoms with Gasteiger partial charge in [-0.25, -0.2) is 9.97 Å². The Morgan fingerprint density at radius 1 is 1.20 bits per heavy atom. The Balaban J connectivity index is 1.67. The molecule has 128 valence electrons. The van der Waals surface area contributed by atoms with Gasteiger partial charge in [-0.2, -0.15) is 13.8 Å². The molecule has 7 nitrogen and oxygen atoms in total. The van der Waals surface area contributed by atoms with Crippen LogP contribution in [0.1, 0.15) is 16.2 Å². The molecule has 0 spiro atoms. The number of carbonyl (C=O) groups is 1. The van der Waals surface area contributed by atoms with E-state index in [9.17, 15) is 13.6 Å². The fraction of sp³-hybridized carbons (Fsp3) is 0.133. The van der Waals surface area contributed by atoms with E-state index < -0.39 is 11.3 Å². The number of nitrogens with zero attached hydrogens (tertiary/aromatic N) is 4. The first-order chi connectivity index (χ1) is 11.9. The predicted molar refractivity (Wildman–Crippen MR) is 81.3 cm³/mol. The third-order valence-electron chi connectivity index (χ3n) is 3.04. The molecule has 10 heteroatoms. The molecule has 0 fully saturated rings. The van der Waals surface area contributed by atoms with E-state index in [1.165, 1.54) is 43.0 Å². The van der Waals surface area contributed by atoms with Crippen LogP contribution in [0.25, 0.3) is 11.4 Å². The highest BCUT2D eigenvalue weighted by Crippen LogP contribution is 2.32. The largest absolute Gasteiger partial charge is 0.482 e. The number of hydrogen-bond acceptors (Lipinski definition) is 7. The molecule has 0 aliphatic carbocycles. The molecular weight excluding hydrogens is 358 g/mol. The standard InChI is InChI=1S/C15H9ClF2N4O3/c16-15(17,18)14-21-13(22-25-14)10-3-1-9(2-4-10)12(23)7-24-11-5-19-8-20-6-11/h1-6,8H,7H2. The lowest BCUT2D eigenvalue weighted by atomic mass is 10.1. The number of alkyl halides is 3. The Morgan fingerprint density at radius 3 is 2.48 bits per heavy atom. The maximum absolute atomic E-state index is 12.9. The third-order valence-corrected chi connectivity index (χ3v) is 3.20. The first-order valence-electron chi connectivity index (χ1n) is 6.86. The summed E-state index contributed by atoms with van der Waals surface area (Å²) in [7, 11) is 0. The van der Waals surface area contributed by atoms with Gasteiger partial charge in [0.1, 0.15) is 6.33 Å². The number of rotatable bonds is 6. The van der Waals surface area contributed by atoms with Crippen molar-refractivity contribution in [1.29, 1.82) is 0 Å². The Hall–Kier alpha value is -2.94. The van der Waals surface area contributed by atoms with Gasteiger partial charge in [-0.1, -0.05) is 29.4 Å². The van der Waals surface area contributed by atoms with E-state index in [1.807, 2.05) is 0 Å². The molecule has 2 heterocycles. The summed E-state index contributed by atoms with van der Waals surface area (Å²) in [4.78, 5) is 23.1. The van der Waals surface area contributed by atoms with Crippen LogP contribution in [0.5, 0.6) is 5.75 Å². The quantitative estimate of drug-likeness (QED) is 0.489. The average molecular weight is 367 g/mol. The Labute approximate surface area is 144 Å². The summed E-state index contributed by atoms with van der Waals surface area (Å²) in [5, 5.41) is -0.307. The second kappa shape index (κ2) is 6.89. The molecule has 0 unspecified atom stereocenters. The number of ether oxygens (including phenoxy) is 1. The number of benzene rings is 1. The lowest BCUT2D eigenvalue weighted by Crippen LogP contribution is -2.11.